The number of alkyl halides is 2. The molecule has 0 amide bonds. The highest BCUT2D eigenvalue weighted by Gasteiger charge is 2.26. The summed E-state index contributed by atoms with van der Waals surface area (Å²) in [6.45, 7) is 0.954. The molecule has 4 aromatic rings. The molecule has 5 rings (SSSR count). The van der Waals surface area contributed by atoms with Gasteiger partial charge in [-0.1, -0.05) is 6.07 Å². The molecule has 2 N–H and O–H groups in total. The van der Waals surface area contributed by atoms with Gasteiger partial charge in [-0.15, -0.1) is 0 Å². The van der Waals surface area contributed by atoms with Crippen LogP contribution in [0.25, 0.3) is 11.8 Å². The molecule has 12 heteroatoms. The number of nitrogens with zero attached hydrogens (tertiary/aromatic N) is 3. The summed E-state index contributed by atoms with van der Waals surface area (Å²) >= 11 is 3.32. The van der Waals surface area contributed by atoms with Gasteiger partial charge in [0.05, 0.1) is 28.1 Å². The molecule has 0 saturated heterocycles. The second-order valence-electron chi connectivity index (χ2n) is 8.68. The van der Waals surface area contributed by atoms with E-state index < -0.39 is 30.4 Å². The summed E-state index contributed by atoms with van der Waals surface area (Å²) in [7, 11) is 0. The molecule has 0 atom stereocenters. The van der Waals surface area contributed by atoms with Crippen molar-refractivity contribution >= 4 is 33.6 Å². The van der Waals surface area contributed by atoms with Crippen LogP contribution >= 0.6 is 15.9 Å². The van der Waals surface area contributed by atoms with Crippen LogP contribution in [-0.4, -0.2) is 33.6 Å². The number of nitrogen functional groups attached to an aromatic ring is 1. The predicted octanol–water partition coefficient (Wildman–Crippen LogP) is 6.46. The molecule has 0 spiro atoms. The van der Waals surface area contributed by atoms with Gasteiger partial charge < -0.3 is 15.2 Å². The Morgan fingerprint density at radius 1 is 1.18 bits per heavy atom. The summed E-state index contributed by atoms with van der Waals surface area (Å²) < 4.78 is 65.2. The second-order valence-corrected chi connectivity index (χ2v) is 9.53. The molecule has 39 heavy (non-hydrogen) atoms. The largest absolute Gasteiger partial charge is 0.486 e. The summed E-state index contributed by atoms with van der Waals surface area (Å²) in [6.07, 6.45) is 2.06. The first kappa shape index (κ1) is 26.4. The van der Waals surface area contributed by atoms with Gasteiger partial charge in [0.1, 0.15) is 18.2 Å². The summed E-state index contributed by atoms with van der Waals surface area (Å²) in [5.74, 6) is -2.39. The number of aromatic nitrogens is 3. The standard InChI is InChI=1S/C27H19BrF4N4O3/c1-13-5-24(39-26-19(29)3-2-4-20(26)30)34-11-21(13)36-27(33)17(10-35-36)25(37)16-6-14-8-18(28)22(9-15(14)7-16)38-12-23(31)32/h2-5,7-11,23H,6,12,33H2,1H3. The van der Waals surface area contributed by atoms with E-state index in [0.29, 0.717) is 33.3 Å². The molecule has 1 aliphatic carbocycles. The fourth-order valence-electron chi connectivity index (χ4n) is 4.13. The van der Waals surface area contributed by atoms with Gasteiger partial charge in [0.2, 0.25) is 11.6 Å². The zero-order chi connectivity index (χ0) is 27.8. The van der Waals surface area contributed by atoms with Crippen LogP contribution in [0.2, 0.25) is 0 Å². The van der Waals surface area contributed by atoms with Crippen molar-refractivity contribution in [3.05, 3.63) is 92.7 Å². The first-order chi connectivity index (χ1) is 18.6. The minimum Gasteiger partial charge on any atom is -0.486 e. The Labute approximate surface area is 228 Å². The van der Waals surface area contributed by atoms with Crippen LogP contribution in [0.5, 0.6) is 17.4 Å². The van der Waals surface area contributed by atoms with E-state index in [9.17, 15) is 22.4 Å². The number of aryl methyl sites for hydroxylation is 1. The minimum atomic E-state index is -2.62. The van der Waals surface area contributed by atoms with Crippen LogP contribution < -0.4 is 15.2 Å². The van der Waals surface area contributed by atoms with Gasteiger partial charge in [-0.05, 0) is 69.9 Å². The highest BCUT2D eigenvalue weighted by Crippen LogP contribution is 2.36. The molecule has 2 heterocycles. The van der Waals surface area contributed by atoms with E-state index in [-0.39, 0.29) is 28.8 Å². The number of fused-ring (bicyclic) bond motifs is 1. The van der Waals surface area contributed by atoms with Gasteiger partial charge in [-0.2, -0.15) is 5.10 Å². The average molecular weight is 603 g/mol. The van der Waals surface area contributed by atoms with Crippen molar-refractivity contribution in [1.29, 1.82) is 0 Å². The van der Waals surface area contributed by atoms with Crippen LogP contribution in [-0.2, 0) is 6.42 Å². The van der Waals surface area contributed by atoms with Crippen LogP contribution in [0.3, 0.4) is 0 Å². The first-order valence-corrected chi connectivity index (χ1v) is 12.3. The monoisotopic (exact) mass is 602 g/mol. The number of halogens is 5. The third-order valence-corrected chi connectivity index (χ3v) is 6.64. The Hall–Kier alpha value is -4.19. The number of ether oxygens (including phenoxy) is 2. The Kier molecular flexibility index (Phi) is 7.13. The van der Waals surface area contributed by atoms with Crippen molar-refractivity contribution in [2.75, 3.05) is 12.3 Å². The summed E-state index contributed by atoms with van der Waals surface area (Å²) in [5, 5.41) is 4.24. The van der Waals surface area contributed by atoms with Crippen molar-refractivity contribution in [3.63, 3.8) is 0 Å². The average Bonchev–Trinajstić information content (AvgIpc) is 3.47. The Morgan fingerprint density at radius 2 is 1.92 bits per heavy atom. The Morgan fingerprint density at radius 3 is 2.62 bits per heavy atom. The van der Waals surface area contributed by atoms with E-state index in [0.717, 1.165) is 17.7 Å². The van der Waals surface area contributed by atoms with Crippen molar-refractivity contribution in [2.45, 2.75) is 19.8 Å². The zero-order valence-corrected chi connectivity index (χ0v) is 21.8. The lowest BCUT2D eigenvalue weighted by atomic mass is 10.0. The lowest BCUT2D eigenvalue weighted by molar-refractivity contribution is 0.0815. The number of anilines is 1. The maximum absolute atomic E-state index is 13.9. The number of benzene rings is 2. The Balaban J connectivity index is 1.37. The van der Waals surface area contributed by atoms with Crippen molar-refractivity contribution in [1.82, 2.24) is 14.8 Å². The fourth-order valence-corrected chi connectivity index (χ4v) is 4.64. The lowest BCUT2D eigenvalue weighted by Crippen LogP contribution is -2.09. The smallest absolute Gasteiger partial charge is 0.272 e. The zero-order valence-electron chi connectivity index (χ0n) is 20.2. The van der Waals surface area contributed by atoms with E-state index in [2.05, 4.69) is 26.0 Å². The number of nitrogens with two attached hydrogens (primary N) is 1. The van der Waals surface area contributed by atoms with Crippen molar-refractivity contribution < 1.29 is 31.8 Å². The second kappa shape index (κ2) is 10.5. The number of ketones is 1. The molecule has 0 aliphatic heterocycles. The number of para-hydroxylation sites is 1. The van der Waals surface area contributed by atoms with E-state index >= 15 is 0 Å². The number of carbonyl (C=O) groups excluding carboxylic acids is 1. The number of hydrogen-bond acceptors (Lipinski definition) is 6. The summed E-state index contributed by atoms with van der Waals surface area (Å²) in [6, 6.07) is 8.15. The van der Waals surface area contributed by atoms with E-state index in [1.807, 2.05) is 0 Å². The SMILES string of the molecule is Cc1cc(Oc2c(F)cccc2F)ncc1-n1ncc(C(=O)C2=Cc3cc(OCC(F)F)c(Br)cc3C2)c1N. The molecule has 0 fully saturated rings. The molecule has 2 aromatic carbocycles. The van der Waals surface area contributed by atoms with Crippen LogP contribution in [0.4, 0.5) is 23.4 Å². The Bertz CT molecular complexity index is 1620. The van der Waals surface area contributed by atoms with E-state index in [4.69, 9.17) is 15.2 Å². The molecule has 7 nitrogen and oxygen atoms in total. The van der Waals surface area contributed by atoms with Gasteiger partial charge in [-0.3, -0.25) is 4.79 Å². The third kappa shape index (κ3) is 5.24. The molecule has 200 valence electrons. The molecule has 2 aromatic heterocycles. The number of allylic oxidation sites excluding steroid dienone is 1. The minimum absolute atomic E-state index is 0.0424. The molecular weight excluding hydrogens is 584 g/mol. The van der Waals surface area contributed by atoms with Gasteiger partial charge in [0, 0.05) is 18.1 Å². The maximum atomic E-state index is 13.9. The highest BCUT2D eigenvalue weighted by atomic mass is 79.9. The van der Waals surface area contributed by atoms with E-state index in [1.54, 1.807) is 25.1 Å². The fraction of sp³-hybridized carbons (Fsp3) is 0.148. The van der Waals surface area contributed by atoms with Gasteiger partial charge in [0.15, 0.2) is 17.4 Å². The summed E-state index contributed by atoms with van der Waals surface area (Å²) in [4.78, 5) is 17.4. The number of Topliss-reactive ketones (excluding diaryl/α,β-unsaturated/α-hetero) is 1. The van der Waals surface area contributed by atoms with Crippen LogP contribution in [0.15, 0.2) is 58.8 Å². The topological polar surface area (TPSA) is 92.3 Å². The molecule has 0 bridgehead atoms. The van der Waals surface area contributed by atoms with Gasteiger partial charge >= 0.3 is 0 Å². The normalized spacial score (nSPS) is 12.4. The molecule has 1 aliphatic rings. The molecule has 0 unspecified atom stereocenters. The highest BCUT2D eigenvalue weighted by molar-refractivity contribution is 9.10. The predicted molar refractivity (Wildman–Crippen MR) is 139 cm³/mol. The maximum Gasteiger partial charge on any atom is 0.272 e. The molecule has 0 radical (unpaired) electrons. The van der Waals surface area contributed by atoms with Crippen molar-refractivity contribution in [3.8, 4) is 23.1 Å². The lowest BCUT2D eigenvalue weighted by Gasteiger charge is -2.11. The van der Waals surface area contributed by atoms with Crippen molar-refractivity contribution in [2.24, 2.45) is 0 Å². The third-order valence-electron chi connectivity index (χ3n) is 6.02. The quantitative estimate of drug-likeness (QED) is 0.184. The first-order valence-electron chi connectivity index (χ1n) is 11.5. The number of pyridine rings is 1. The molecular formula is C27H19BrF4N4O3. The number of carbonyl (C=O) groups is 1. The van der Waals surface area contributed by atoms with Gasteiger partial charge in [0.25, 0.3) is 6.43 Å². The van der Waals surface area contributed by atoms with Crippen LogP contribution in [0.1, 0.15) is 27.0 Å². The van der Waals surface area contributed by atoms with E-state index in [1.165, 1.54) is 29.2 Å². The van der Waals surface area contributed by atoms with Crippen LogP contribution in [0, 0.1) is 18.6 Å². The van der Waals surface area contributed by atoms with Gasteiger partial charge in [-0.25, -0.2) is 27.2 Å². The number of hydrogen-bond donors (Lipinski definition) is 1. The number of rotatable bonds is 8. The molecule has 0 saturated carbocycles. The summed E-state index contributed by atoms with van der Waals surface area (Å²) in [5.41, 5.74) is 9.40.